The Balaban J connectivity index is 3.31. The lowest BCUT2D eigenvalue weighted by Crippen LogP contribution is -2.14. The summed E-state index contributed by atoms with van der Waals surface area (Å²) in [5.74, 6) is -0.104. The molecule has 72 valence electrons. The zero-order valence-electron chi connectivity index (χ0n) is 7.88. The molecule has 0 aliphatic heterocycles. The van der Waals surface area contributed by atoms with Crippen molar-refractivity contribution in [3.63, 3.8) is 0 Å². The van der Waals surface area contributed by atoms with Crippen molar-refractivity contribution in [1.29, 1.82) is 0 Å². The van der Waals surface area contributed by atoms with Crippen LogP contribution >= 0.6 is 0 Å². The van der Waals surface area contributed by atoms with E-state index in [1.807, 2.05) is 13.8 Å². The van der Waals surface area contributed by atoms with Gasteiger partial charge in [-0.25, -0.2) is 0 Å². The van der Waals surface area contributed by atoms with Crippen molar-refractivity contribution in [3.8, 4) is 0 Å². The first-order valence-electron chi connectivity index (χ1n) is 4.47. The molecule has 3 heteroatoms. The number of hydrogen-bond donors (Lipinski definition) is 1. The van der Waals surface area contributed by atoms with E-state index in [1.165, 1.54) is 0 Å². The highest BCUT2D eigenvalue weighted by molar-refractivity contribution is 5.69. The van der Waals surface area contributed by atoms with Crippen LogP contribution in [0.1, 0.15) is 33.1 Å². The van der Waals surface area contributed by atoms with Gasteiger partial charge >= 0.3 is 5.97 Å². The number of carbonyl (C=O) groups is 1. The maximum atomic E-state index is 10.9. The number of hydrogen-bond acceptors (Lipinski definition) is 3. The van der Waals surface area contributed by atoms with Gasteiger partial charge in [0.2, 0.25) is 0 Å². The van der Waals surface area contributed by atoms with Crippen LogP contribution in [-0.2, 0) is 9.53 Å². The predicted molar refractivity (Wildman–Crippen MR) is 46.7 cm³/mol. The van der Waals surface area contributed by atoms with Crippen LogP contribution in [0.4, 0.5) is 0 Å². The Morgan fingerprint density at radius 2 is 2.25 bits per heavy atom. The minimum absolute atomic E-state index is 0.0515. The Bertz CT molecular complexity index is 123. The molecule has 0 saturated heterocycles. The van der Waals surface area contributed by atoms with E-state index in [0.29, 0.717) is 13.0 Å². The molecular weight excluding hydrogens is 156 g/mol. The molecular formula is C9H18O3. The molecule has 0 saturated carbocycles. The zero-order valence-corrected chi connectivity index (χ0v) is 7.88. The third-order valence-corrected chi connectivity index (χ3v) is 1.57. The molecule has 0 heterocycles. The molecule has 0 rings (SSSR count). The molecule has 0 aliphatic rings. The van der Waals surface area contributed by atoms with E-state index in [2.05, 4.69) is 0 Å². The summed E-state index contributed by atoms with van der Waals surface area (Å²) >= 11 is 0. The van der Waals surface area contributed by atoms with Crippen LogP contribution in [-0.4, -0.2) is 24.3 Å². The van der Waals surface area contributed by atoms with E-state index in [4.69, 9.17) is 9.84 Å². The van der Waals surface area contributed by atoms with Crippen LogP contribution in [0.3, 0.4) is 0 Å². The Kier molecular flexibility index (Phi) is 6.76. The average Bonchev–Trinajstić information content (AvgIpc) is 2.10. The van der Waals surface area contributed by atoms with E-state index in [-0.39, 0.29) is 18.5 Å². The van der Waals surface area contributed by atoms with Gasteiger partial charge < -0.3 is 9.84 Å². The summed E-state index contributed by atoms with van der Waals surface area (Å²) in [4.78, 5) is 10.9. The van der Waals surface area contributed by atoms with Gasteiger partial charge in [-0.05, 0) is 6.42 Å². The second-order valence-electron chi connectivity index (χ2n) is 3.07. The van der Waals surface area contributed by atoms with Gasteiger partial charge in [0, 0.05) is 18.9 Å². The molecule has 12 heavy (non-hydrogen) atoms. The first-order valence-corrected chi connectivity index (χ1v) is 4.47. The quantitative estimate of drug-likeness (QED) is 0.618. The topological polar surface area (TPSA) is 46.5 Å². The van der Waals surface area contributed by atoms with Crippen LogP contribution in [0, 0.1) is 5.92 Å². The van der Waals surface area contributed by atoms with Gasteiger partial charge in [-0.3, -0.25) is 4.79 Å². The van der Waals surface area contributed by atoms with Crippen LogP contribution < -0.4 is 0 Å². The van der Waals surface area contributed by atoms with Crippen molar-refractivity contribution in [2.45, 2.75) is 33.1 Å². The zero-order chi connectivity index (χ0) is 9.40. The van der Waals surface area contributed by atoms with E-state index in [1.54, 1.807) is 0 Å². The van der Waals surface area contributed by atoms with Gasteiger partial charge in [-0.2, -0.15) is 0 Å². The number of ether oxygens (including phenoxy) is 1. The summed E-state index contributed by atoms with van der Waals surface area (Å²) < 4.78 is 4.90. The van der Waals surface area contributed by atoms with Crippen LogP contribution in [0.5, 0.6) is 0 Å². The summed E-state index contributed by atoms with van der Waals surface area (Å²) in [6.07, 6.45) is 2.38. The molecule has 0 spiro atoms. The van der Waals surface area contributed by atoms with Gasteiger partial charge in [-0.1, -0.05) is 20.3 Å². The van der Waals surface area contributed by atoms with Crippen LogP contribution in [0.2, 0.25) is 0 Å². The lowest BCUT2D eigenvalue weighted by molar-refractivity contribution is -0.145. The van der Waals surface area contributed by atoms with Crippen LogP contribution in [0.15, 0.2) is 0 Å². The maximum absolute atomic E-state index is 10.9. The van der Waals surface area contributed by atoms with Crippen molar-refractivity contribution in [2.75, 3.05) is 13.2 Å². The number of aliphatic hydroxyl groups excluding tert-OH is 1. The first kappa shape index (κ1) is 11.4. The van der Waals surface area contributed by atoms with Gasteiger partial charge in [0.25, 0.3) is 0 Å². The standard InChI is InChI=1S/C9H18O3/c1-3-4-5-9(11)12-7-8(2)6-10/h8,10H,3-7H2,1-2H3. The summed E-state index contributed by atoms with van der Waals surface area (Å²) in [6, 6.07) is 0. The number of unbranched alkanes of at least 4 members (excludes halogenated alkanes) is 1. The van der Waals surface area contributed by atoms with E-state index in [0.717, 1.165) is 12.8 Å². The molecule has 0 aromatic carbocycles. The van der Waals surface area contributed by atoms with E-state index < -0.39 is 0 Å². The lowest BCUT2D eigenvalue weighted by atomic mass is 10.2. The minimum atomic E-state index is -0.155. The Labute approximate surface area is 73.7 Å². The average molecular weight is 174 g/mol. The first-order chi connectivity index (χ1) is 5.70. The molecule has 0 fully saturated rings. The SMILES string of the molecule is CCCCC(=O)OCC(C)CO. The summed E-state index contributed by atoms with van der Waals surface area (Å²) in [5.41, 5.74) is 0. The summed E-state index contributed by atoms with van der Waals surface area (Å²) in [5, 5.41) is 8.63. The van der Waals surface area contributed by atoms with Gasteiger partial charge in [0.1, 0.15) is 0 Å². The molecule has 1 N–H and O–H groups in total. The lowest BCUT2D eigenvalue weighted by Gasteiger charge is -2.08. The molecule has 3 nitrogen and oxygen atoms in total. The monoisotopic (exact) mass is 174 g/mol. The predicted octanol–water partition coefficient (Wildman–Crippen LogP) is 1.35. The number of aliphatic hydroxyl groups is 1. The molecule has 1 atom stereocenters. The second-order valence-corrected chi connectivity index (χ2v) is 3.07. The second kappa shape index (κ2) is 7.10. The molecule has 0 aromatic rings. The summed E-state index contributed by atoms with van der Waals surface area (Å²) in [7, 11) is 0. The molecule has 0 bridgehead atoms. The highest BCUT2D eigenvalue weighted by atomic mass is 16.5. The fourth-order valence-electron chi connectivity index (χ4n) is 0.681. The Morgan fingerprint density at radius 3 is 2.75 bits per heavy atom. The Morgan fingerprint density at radius 1 is 1.58 bits per heavy atom. The van der Waals surface area contributed by atoms with E-state index >= 15 is 0 Å². The van der Waals surface area contributed by atoms with Crippen molar-refractivity contribution in [3.05, 3.63) is 0 Å². The highest BCUT2D eigenvalue weighted by Crippen LogP contribution is 1.99. The normalized spacial score (nSPS) is 12.6. The highest BCUT2D eigenvalue weighted by Gasteiger charge is 2.05. The van der Waals surface area contributed by atoms with Crippen molar-refractivity contribution >= 4 is 5.97 Å². The van der Waals surface area contributed by atoms with Crippen molar-refractivity contribution in [2.24, 2.45) is 5.92 Å². The fourth-order valence-corrected chi connectivity index (χ4v) is 0.681. The Hall–Kier alpha value is -0.570. The third-order valence-electron chi connectivity index (χ3n) is 1.57. The largest absolute Gasteiger partial charge is 0.465 e. The number of esters is 1. The van der Waals surface area contributed by atoms with Gasteiger partial charge in [-0.15, -0.1) is 0 Å². The molecule has 1 unspecified atom stereocenters. The van der Waals surface area contributed by atoms with Crippen molar-refractivity contribution < 1.29 is 14.6 Å². The van der Waals surface area contributed by atoms with Crippen LogP contribution in [0.25, 0.3) is 0 Å². The van der Waals surface area contributed by atoms with Crippen molar-refractivity contribution in [1.82, 2.24) is 0 Å². The summed E-state index contributed by atoms with van der Waals surface area (Å²) in [6.45, 7) is 4.27. The number of rotatable bonds is 6. The smallest absolute Gasteiger partial charge is 0.305 e. The molecule has 0 aromatic heterocycles. The number of carbonyl (C=O) groups excluding carboxylic acids is 1. The molecule has 0 aliphatic carbocycles. The van der Waals surface area contributed by atoms with Gasteiger partial charge in [0.05, 0.1) is 6.61 Å². The van der Waals surface area contributed by atoms with Gasteiger partial charge in [0.15, 0.2) is 0 Å². The molecule has 0 amide bonds. The third kappa shape index (κ3) is 6.16. The van der Waals surface area contributed by atoms with E-state index in [9.17, 15) is 4.79 Å². The molecule has 0 radical (unpaired) electrons. The minimum Gasteiger partial charge on any atom is -0.465 e. The fraction of sp³-hybridized carbons (Fsp3) is 0.889. The maximum Gasteiger partial charge on any atom is 0.305 e.